The monoisotopic (exact) mass is 345 g/mol. The first-order chi connectivity index (χ1) is 12.2. The van der Waals surface area contributed by atoms with Gasteiger partial charge in [0.1, 0.15) is 5.82 Å². The smallest absolute Gasteiger partial charge is 0.230 e. The lowest BCUT2D eigenvalue weighted by molar-refractivity contribution is -0.149. The molecule has 1 aromatic heterocycles. The molecule has 0 bridgehead atoms. The number of rotatable bonds is 3. The molecule has 4 heterocycles. The maximum Gasteiger partial charge on any atom is 0.230 e. The van der Waals surface area contributed by atoms with Crippen LogP contribution in [0, 0.1) is 5.41 Å². The summed E-state index contributed by atoms with van der Waals surface area (Å²) in [5, 5.41) is 3.06. The average molecular weight is 345 g/mol. The minimum absolute atomic E-state index is 0.254. The number of ether oxygens (including phenoxy) is 1. The zero-order chi connectivity index (χ0) is 17.3. The third-order valence-corrected chi connectivity index (χ3v) is 5.94. The van der Waals surface area contributed by atoms with Gasteiger partial charge in [0.15, 0.2) is 0 Å². The molecule has 7 nitrogen and oxygen atoms in total. The fourth-order valence-corrected chi connectivity index (χ4v) is 4.51. The van der Waals surface area contributed by atoms with Gasteiger partial charge >= 0.3 is 0 Å². The van der Waals surface area contributed by atoms with Crippen molar-refractivity contribution in [3.63, 3.8) is 0 Å². The molecule has 0 saturated carbocycles. The van der Waals surface area contributed by atoms with Gasteiger partial charge in [-0.05, 0) is 38.2 Å². The van der Waals surface area contributed by atoms with E-state index in [0.717, 1.165) is 76.7 Å². The van der Waals surface area contributed by atoms with Crippen molar-refractivity contribution in [2.75, 3.05) is 50.1 Å². The van der Waals surface area contributed by atoms with Crippen LogP contribution in [0.15, 0.2) is 12.3 Å². The van der Waals surface area contributed by atoms with Crippen molar-refractivity contribution < 1.29 is 9.53 Å². The van der Waals surface area contributed by atoms with Crippen molar-refractivity contribution in [2.45, 2.75) is 38.1 Å². The van der Waals surface area contributed by atoms with Gasteiger partial charge in [0.25, 0.3) is 0 Å². The number of carbonyl (C=O) groups excluding carboxylic acids is 1. The van der Waals surface area contributed by atoms with Crippen molar-refractivity contribution in [1.29, 1.82) is 0 Å². The van der Waals surface area contributed by atoms with E-state index < -0.39 is 0 Å². The molecule has 136 valence electrons. The molecule has 4 rings (SSSR count). The van der Waals surface area contributed by atoms with Crippen LogP contribution in [0.3, 0.4) is 0 Å². The molecule has 0 unspecified atom stereocenters. The summed E-state index contributed by atoms with van der Waals surface area (Å²) < 4.78 is 5.47. The number of nitrogens with zero attached hydrogens (tertiary/aromatic N) is 4. The molecule has 1 amide bonds. The van der Waals surface area contributed by atoms with Crippen molar-refractivity contribution in [3.05, 3.63) is 12.3 Å². The molecule has 1 spiro atoms. The highest BCUT2D eigenvalue weighted by atomic mass is 16.5. The van der Waals surface area contributed by atoms with Crippen LogP contribution >= 0.6 is 0 Å². The van der Waals surface area contributed by atoms with Gasteiger partial charge in [0.2, 0.25) is 11.9 Å². The first-order valence-corrected chi connectivity index (χ1v) is 9.36. The van der Waals surface area contributed by atoms with Gasteiger partial charge in [-0.25, -0.2) is 4.98 Å². The second kappa shape index (κ2) is 6.78. The summed E-state index contributed by atoms with van der Waals surface area (Å²) in [5.74, 6) is 1.88. The molecule has 3 fully saturated rings. The Morgan fingerprint density at radius 2 is 2.12 bits per heavy atom. The highest BCUT2D eigenvalue weighted by Crippen LogP contribution is 2.42. The molecule has 3 saturated heterocycles. The third kappa shape index (κ3) is 3.05. The van der Waals surface area contributed by atoms with Crippen molar-refractivity contribution in [3.8, 4) is 0 Å². The standard InChI is InChI=1S/C18H27N5O2/c1-19-15-3-8-20-17(21-15)22-10-7-18(13-22)6-2-9-23(16(18)24)14-4-11-25-12-5-14/h3,8,14H,2,4-7,9-13H2,1H3,(H,19,20,21)/t18-/m0/s1. The molecular weight excluding hydrogens is 318 g/mol. The molecular formula is C18H27N5O2. The van der Waals surface area contributed by atoms with Gasteiger partial charge in [-0.15, -0.1) is 0 Å². The van der Waals surface area contributed by atoms with Crippen LogP contribution in [0.5, 0.6) is 0 Å². The molecule has 0 aromatic carbocycles. The summed E-state index contributed by atoms with van der Waals surface area (Å²) in [6, 6.07) is 2.21. The van der Waals surface area contributed by atoms with E-state index in [1.54, 1.807) is 6.20 Å². The number of hydrogen-bond acceptors (Lipinski definition) is 6. The van der Waals surface area contributed by atoms with E-state index in [0.29, 0.717) is 11.9 Å². The maximum atomic E-state index is 13.4. The Bertz CT molecular complexity index is 634. The lowest BCUT2D eigenvalue weighted by atomic mass is 9.77. The lowest BCUT2D eigenvalue weighted by Crippen LogP contribution is -2.54. The van der Waals surface area contributed by atoms with Gasteiger partial charge < -0.3 is 19.9 Å². The number of aromatic nitrogens is 2. The molecule has 25 heavy (non-hydrogen) atoms. The van der Waals surface area contributed by atoms with Gasteiger partial charge in [-0.3, -0.25) is 4.79 Å². The van der Waals surface area contributed by atoms with E-state index in [9.17, 15) is 4.79 Å². The quantitative estimate of drug-likeness (QED) is 0.896. The predicted molar refractivity (Wildman–Crippen MR) is 95.6 cm³/mol. The molecule has 1 atom stereocenters. The van der Waals surface area contributed by atoms with Crippen LogP contribution in [0.25, 0.3) is 0 Å². The van der Waals surface area contributed by atoms with E-state index in [1.165, 1.54) is 0 Å². The summed E-state index contributed by atoms with van der Waals surface area (Å²) in [6.45, 7) is 4.03. The molecule has 3 aliphatic rings. The number of piperidine rings is 1. The number of anilines is 2. The number of carbonyl (C=O) groups is 1. The number of nitrogens with one attached hydrogen (secondary N) is 1. The number of amides is 1. The largest absolute Gasteiger partial charge is 0.381 e. The minimum Gasteiger partial charge on any atom is -0.381 e. The fourth-order valence-electron chi connectivity index (χ4n) is 4.51. The van der Waals surface area contributed by atoms with Crippen molar-refractivity contribution >= 4 is 17.7 Å². The second-order valence-electron chi connectivity index (χ2n) is 7.39. The van der Waals surface area contributed by atoms with Crippen LogP contribution in [0.1, 0.15) is 32.1 Å². The molecule has 1 N–H and O–H groups in total. The molecule has 7 heteroatoms. The van der Waals surface area contributed by atoms with Crippen LogP contribution in [0.2, 0.25) is 0 Å². The summed E-state index contributed by atoms with van der Waals surface area (Å²) in [7, 11) is 1.86. The molecule has 1 aromatic rings. The summed E-state index contributed by atoms with van der Waals surface area (Å²) in [6.07, 6.45) is 6.69. The number of hydrogen-bond donors (Lipinski definition) is 1. The zero-order valence-corrected chi connectivity index (χ0v) is 14.9. The predicted octanol–water partition coefficient (Wildman–Crippen LogP) is 1.52. The Balaban J connectivity index is 1.50. The van der Waals surface area contributed by atoms with E-state index >= 15 is 0 Å². The van der Waals surface area contributed by atoms with Crippen LogP contribution in [-0.2, 0) is 9.53 Å². The normalized spacial score (nSPS) is 28.0. The zero-order valence-electron chi connectivity index (χ0n) is 14.9. The first-order valence-electron chi connectivity index (χ1n) is 9.36. The highest BCUT2D eigenvalue weighted by Gasteiger charge is 2.50. The van der Waals surface area contributed by atoms with Crippen LogP contribution in [-0.4, -0.2) is 66.7 Å². The fraction of sp³-hybridized carbons (Fsp3) is 0.722. The second-order valence-corrected chi connectivity index (χ2v) is 7.39. The molecule has 0 radical (unpaired) electrons. The highest BCUT2D eigenvalue weighted by molar-refractivity contribution is 5.85. The first kappa shape index (κ1) is 16.6. The van der Waals surface area contributed by atoms with E-state index in [-0.39, 0.29) is 5.41 Å². The van der Waals surface area contributed by atoms with Crippen molar-refractivity contribution in [1.82, 2.24) is 14.9 Å². The minimum atomic E-state index is -0.254. The maximum absolute atomic E-state index is 13.4. The Kier molecular flexibility index (Phi) is 4.50. The average Bonchev–Trinajstić information content (AvgIpc) is 3.10. The van der Waals surface area contributed by atoms with E-state index in [2.05, 4.69) is 25.1 Å². The Labute approximate surface area is 148 Å². The topological polar surface area (TPSA) is 70.6 Å². The van der Waals surface area contributed by atoms with Crippen LogP contribution in [0.4, 0.5) is 11.8 Å². The summed E-state index contributed by atoms with van der Waals surface area (Å²) >= 11 is 0. The lowest BCUT2D eigenvalue weighted by Gasteiger charge is -2.44. The Hall–Kier alpha value is -1.89. The van der Waals surface area contributed by atoms with Gasteiger partial charge in [0, 0.05) is 52.1 Å². The summed E-state index contributed by atoms with van der Waals surface area (Å²) in [4.78, 5) is 26.6. The third-order valence-electron chi connectivity index (χ3n) is 5.94. The van der Waals surface area contributed by atoms with Gasteiger partial charge in [-0.2, -0.15) is 4.98 Å². The van der Waals surface area contributed by atoms with Crippen molar-refractivity contribution in [2.24, 2.45) is 5.41 Å². The number of likely N-dealkylation sites (tertiary alicyclic amines) is 1. The SMILES string of the molecule is CNc1ccnc(N2CC[C@@]3(CCCN(C4CCOCC4)C3=O)C2)n1. The van der Waals surface area contributed by atoms with Gasteiger partial charge in [-0.1, -0.05) is 0 Å². The summed E-state index contributed by atoms with van der Waals surface area (Å²) in [5.41, 5.74) is -0.254. The van der Waals surface area contributed by atoms with E-state index in [1.807, 2.05) is 13.1 Å². The van der Waals surface area contributed by atoms with Crippen LogP contribution < -0.4 is 10.2 Å². The Morgan fingerprint density at radius 3 is 2.92 bits per heavy atom. The van der Waals surface area contributed by atoms with Gasteiger partial charge in [0.05, 0.1) is 5.41 Å². The Morgan fingerprint density at radius 1 is 1.28 bits per heavy atom. The molecule has 0 aliphatic carbocycles. The van der Waals surface area contributed by atoms with E-state index in [4.69, 9.17) is 4.74 Å². The molecule has 3 aliphatic heterocycles.